The van der Waals surface area contributed by atoms with Crippen molar-refractivity contribution in [1.29, 1.82) is 0 Å². The van der Waals surface area contributed by atoms with Crippen LogP contribution < -0.4 is 10.2 Å². The number of rotatable bonds is 4. The topological polar surface area (TPSA) is 48.5 Å². The lowest BCUT2D eigenvalue weighted by Crippen LogP contribution is -2.36. The maximum Gasteiger partial charge on any atom is 0.417 e. The van der Waals surface area contributed by atoms with Gasteiger partial charge < -0.3 is 10.2 Å². The van der Waals surface area contributed by atoms with E-state index in [0.717, 1.165) is 23.2 Å². The Morgan fingerprint density at radius 1 is 1.17 bits per heavy atom. The zero-order valence-electron chi connectivity index (χ0n) is 15.3. The summed E-state index contributed by atoms with van der Waals surface area (Å²) >= 11 is 9.44. The Labute approximate surface area is 180 Å². The summed E-state index contributed by atoms with van der Waals surface area (Å²) < 4.78 is 38.9. The Morgan fingerprint density at radius 3 is 2.62 bits per heavy atom. The van der Waals surface area contributed by atoms with E-state index in [2.05, 4.69) is 26.2 Å². The summed E-state index contributed by atoms with van der Waals surface area (Å²) in [5.74, 6) is 0.335. The Balaban J connectivity index is 1.55. The molecule has 0 spiro atoms. The molecular weight excluding hydrogens is 473 g/mol. The summed E-state index contributed by atoms with van der Waals surface area (Å²) in [4.78, 5) is 20.3. The van der Waals surface area contributed by atoms with E-state index in [1.54, 1.807) is 18.2 Å². The van der Waals surface area contributed by atoms with E-state index in [4.69, 9.17) is 11.6 Å². The molecule has 2 aromatic rings. The molecule has 5 nitrogen and oxygen atoms in total. The molecule has 1 amide bonds. The van der Waals surface area contributed by atoms with Crippen molar-refractivity contribution in [2.45, 2.75) is 12.6 Å². The maximum absolute atomic E-state index is 12.7. The summed E-state index contributed by atoms with van der Waals surface area (Å²) in [6.45, 7) is 2.75. The second-order valence-electron chi connectivity index (χ2n) is 6.69. The number of hydrogen-bond acceptors (Lipinski definition) is 4. The quantitative estimate of drug-likeness (QED) is 0.675. The fourth-order valence-electron chi connectivity index (χ4n) is 3.08. The minimum atomic E-state index is -4.40. The number of amides is 1. The molecule has 1 aliphatic rings. The zero-order chi connectivity index (χ0) is 21.0. The van der Waals surface area contributed by atoms with Gasteiger partial charge in [-0.3, -0.25) is 9.69 Å². The van der Waals surface area contributed by atoms with E-state index in [9.17, 15) is 18.0 Å². The minimum Gasteiger partial charge on any atom is -0.355 e. The lowest BCUT2D eigenvalue weighted by Gasteiger charge is -2.23. The predicted octanol–water partition coefficient (Wildman–Crippen LogP) is 4.67. The number of halogens is 5. The molecule has 1 fully saturated rings. The Kier molecular flexibility index (Phi) is 7.02. The number of anilines is 2. The monoisotopic (exact) mass is 490 g/mol. The molecule has 3 rings (SSSR count). The highest BCUT2D eigenvalue weighted by Crippen LogP contribution is 2.29. The second-order valence-corrected chi connectivity index (χ2v) is 8.01. The van der Waals surface area contributed by atoms with Crippen LogP contribution in [0, 0.1) is 0 Å². The van der Waals surface area contributed by atoms with Gasteiger partial charge in [-0.2, -0.15) is 13.2 Å². The fraction of sp³-hybridized carbons (Fsp3) is 0.368. The highest BCUT2D eigenvalue weighted by atomic mass is 79.9. The van der Waals surface area contributed by atoms with E-state index in [1.165, 1.54) is 6.07 Å². The first-order chi connectivity index (χ1) is 13.7. The molecule has 1 saturated heterocycles. The van der Waals surface area contributed by atoms with E-state index in [0.29, 0.717) is 42.7 Å². The van der Waals surface area contributed by atoms with Gasteiger partial charge in [0.2, 0.25) is 5.91 Å². The zero-order valence-corrected chi connectivity index (χ0v) is 17.7. The molecule has 1 aromatic heterocycles. The van der Waals surface area contributed by atoms with Crippen LogP contribution in [0.4, 0.5) is 24.7 Å². The summed E-state index contributed by atoms with van der Waals surface area (Å²) in [6, 6.07) is 7.66. The van der Waals surface area contributed by atoms with Crippen LogP contribution in [0.15, 0.2) is 41.0 Å². The van der Waals surface area contributed by atoms with Gasteiger partial charge >= 0.3 is 6.18 Å². The summed E-state index contributed by atoms with van der Waals surface area (Å²) in [5, 5.41) is 3.25. The number of aromatic nitrogens is 1. The van der Waals surface area contributed by atoms with Gasteiger partial charge in [-0.15, -0.1) is 0 Å². The van der Waals surface area contributed by atoms with Crippen molar-refractivity contribution in [3.05, 3.63) is 51.6 Å². The van der Waals surface area contributed by atoms with Crippen molar-refractivity contribution in [3.8, 4) is 0 Å². The number of pyridine rings is 1. The first-order valence-electron chi connectivity index (χ1n) is 8.98. The van der Waals surface area contributed by atoms with Gasteiger partial charge in [0, 0.05) is 36.8 Å². The Bertz CT molecular complexity index is 864. The third-order valence-electron chi connectivity index (χ3n) is 4.56. The number of nitrogens with zero attached hydrogens (tertiary/aromatic N) is 3. The Hall–Kier alpha value is -1.84. The predicted molar refractivity (Wildman–Crippen MR) is 110 cm³/mol. The number of benzene rings is 1. The molecule has 0 unspecified atom stereocenters. The average Bonchev–Trinajstić information content (AvgIpc) is 2.89. The highest BCUT2D eigenvalue weighted by Gasteiger charge is 2.31. The molecule has 1 aliphatic heterocycles. The minimum absolute atomic E-state index is 0.171. The third-order valence-corrected chi connectivity index (χ3v) is 5.37. The number of nitrogens with one attached hydrogen (secondary N) is 1. The molecule has 0 radical (unpaired) electrons. The summed E-state index contributed by atoms with van der Waals surface area (Å²) in [5.41, 5.74) is -0.216. The van der Waals surface area contributed by atoms with E-state index >= 15 is 0 Å². The van der Waals surface area contributed by atoms with Gasteiger partial charge in [-0.25, -0.2) is 4.98 Å². The van der Waals surface area contributed by atoms with Crippen LogP contribution >= 0.6 is 27.5 Å². The lowest BCUT2D eigenvalue weighted by molar-refractivity contribution is -0.137. The van der Waals surface area contributed by atoms with Crippen molar-refractivity contribution in [2.24, 2.45) is 0 Å². The molecule has 1 N–H and O–H groups in total. The molecule has 1 aromatic carbocycles. The average molecular weight is 492 g/mol. The van der Waals surface area contributed by atoms with Gasteiger partial charge in [-0.05, 0) is 36.8 Å². The van der Waals surface area contributed by atoms with Crippen molar-refractivity contribution >= 4 is 44.9 Å². The van der Waals surface area contributed by atoms with Crippen molar-refractivity contribution in [3.63, 3.8) is 0 Å². The summed E-state index contributed by atoms with van der Waals surface area (Å²) in [7, 11) is 0. The van der Waals surface area contributed by atoms with Crippen LogP contribution in [0.3, 0.4) is 0 Å². The smallest absolute Gasteiger partial charge is 0.355 e. The Morgan fingerprint density at radius 2 is 1.97 bits per heavy atom. The van der Waals surface area contributed by atoms with E-state index in [-0.39, 0.29) is 12.5 Å². The number of carbonyl (C=O) groups is 1. The van der Waals surface area contributed by atoms with Crippen molar-refractivity contribution in [1.82, 2.24) is 9.88 Å². The molecule has 2 heterocycles. The van der Waals surface area contributed by atoms with Crippen LogP contribution in [0.25, 0.3) is 0 Å². The van der Waals surface area contributed by atoms with Crippen LogP contribution in [0.5, 0.6) is 0 Å². The van der Waals surface area contributed by atoms with E-state index in [1.807, 2.05) is 9.80 Å². The molecule has 29 heavy (non-hydrogen) atoms. The van der Waals surface area contributed by atoms with Gasteiger partial charge in [0.1, 0.15) is 5.82 Å². The largest absolute Gasteiger partial charge is 0.417 e. The maximum atomic E-state index is 12.7. The highest BCUT2D eigenvalue weighted by molar-refractivity contribution is 9.10. The molecule has 0 bridgehead atoms. The number of carbonyl (C=O) groups excluding carboxylic acids is 1. The molecule has 156 valence electrons. The molecular formula is C19H19BrClF3N4O. The molecule has 0 atom stereocenters. The lowest BCUT2D eigenvalue weighted by atomic mass is 10.2. The first-order valence-corrected chi connectivity index (χ1v) is 10.1. The van der Waals surface area contributed by atoms with Gasteiger partial charge in [-0.1, -0.05) is 27.5 Å². The molecule has 0 aliphatic carbocycles. The molecule has 0 saturated carbocycles. The second kappa shape index (κ2) is 9.32. The van der Waals surface area contributed by atoms with Crippen LogP contribution in [0.2, 0.25) is 5.02 Å². The van der Waals surface area contributed by atoms with Gasteiger partial charge in [0.25, 0.3) is 0 Å². The van der Waals surface area contributed by atoms with E-state index < -0.39 is 11.7 Å². The number of alkyl halides is 3. The SMILES string of the molecule is O=C(CN1CCCN(c2ccc(C(F)(F)F)cn2)CC1)Nc1ccc(Br)cc1Cl. The number of hydrogen-bond donors (Lipinski definition) is 1. The van der Waals surface area contributed by atoms with Crippen molar-refractivity contribution in [2.75, 3.05) is 42.9 Å². The van der Waals surface area contributed by atoms with Gasteiger partial charge in [0.05, 0.1) is 22.8 Å². The normalized spacial score (nSPS) is 15.8. The third kappa shape index (κ3) is 6.07. The van der Waals surface area contributed by atoms with Crippen LogP contribution in [-0.4, -0.2) is 48.5 Å². The van der Waals surface area contributed by atoms with Gasteiger partial charge in [0.15, 0.2) is 0 Å². The van der Waals surface area contributed by atoms with Crippen LogP contribution in [-0.2, 0) is 11.0 Å². The van der Waals surface area contributed by atoms with Crippen molar-refractivity contribution < 1.29 is 18.0 Å². The fourth-order valence-corrected chi connectivity index (χ4v) is 3.80. The standard InChI is InChI=1S/C19H19BrClF3N4O/c20-14-3-4-16(15(21)10-14)26-18(29)12-27-6-1-7-28(9-8-27)17-5-2-13(11-25-17)19(22,23)24/h2-5,10-11H,1,6-9,12H2,(H,26,29). The molecule has 10 heteroatoms. The van der Waals surface area contributed by atoms with Crippen LogP contribution in [0.1, 0.15) is 12.0 Å². The first kappa shape index (κ1) is 21.9. The summed E-state index contributed by atoms with van der Waals surface area (Å²) in [6.07, 6.45) is -2.77.